The quantitative estimate of drug-likeness (QED) is 0.356. The molecule has 0 fully saturated rings. The molecule has 1 aliphatic heterocycles. The lowest BCUT2D eigenvalue weighted by atomic mass is 10.6. The van der Waals surface area contributed by atoms with Gasteiger partial charge in [0.25, 0.3) is 0 Å². The fourth-order valence-corrected chi connectivity index (χ4v) is 1.02. The summed E-state index contributed by atoms with van der Waals surface area (Å²) in [4.78, 5) is 0. The van der Waals surface area contributed by atoms with E-state index in [0.29, 0.717) is 0 Å². The number of hydrogen-bond acceptors (Lipinski definition) is 2. The van der Waals surface area contributed by atoms with Crippen LogP contribution in [0.2, 0.25) is 0 Å². The Kier molecular flexibility index (Phi) is 0.567. The average Bonchev–Trinajstić information content (AvgIpc) is 1.33. The Morgan fingerprint density at radius 2 is 2.00 bits per heavy atom. The second-order valence-corrected chi connectivity index (χ2v) is 2.91. The predicted octanol–water partition coefficient (Wildman–Crippen LogP) is -1.67. The lowest BCUT2D eigenvalue weighted by Gasteiger charge is -2.02. The van der Waals surface area contributed by atoms with Gasteiger partial charge in [-0.3, -0.25) is 0 Å². The van der Waals surface area contributed by atoms with E-state index in [9.17, 15) is 0 Å². The summed E-state index contributed by atoms with van der Waals surface area (Å²) in [6, 6.07) is 0. The van der Waals surface area contributed by atoms with Crippen molar-refractivity contribution in [3.05, 3.63) is 11.4 Å². The summed E-state index contributed by atoms with van der Waals surface area (Å²) in [5, 5.41) is 1.96. The molecule has 1 rings (SSSR count). The van der Waals surface area contributed by atoms with E-state index in [1.165, 1.54) is 0 Å². The first kappa shape index (κ1) is 3.61. The van der Waals surface area contributed by atoms with E-state index in [2.05, 4.69) is 0 Å². The minimum absolute atomic E-state index is 0.194. The third-order valence-corrected chi connectivity index (χ3v) is 1.67. The zero-order valence-electron chi connectivity index (χ0n) is 3.31. The number of rotatable bonds is 0. The van der Waals surface area contributed by atoms with E-state index >= 15 is 0 Å². The first-order valence-corrected chi connectivity index (χ1v) is 2.89. The highest BCUT2D eigenvalue weighted by Crippen LogP contribution is 1.84. The molecule has 0 saturated heterocycles. The fraction of sp³-hybridized carbons (Fsp3) is 0. The van der Waals surface area contributed by atoms with Crippen molar-refractivity contribution in [3.63, 3.8) is 0 Å². The van der Waals surface area contributed by atoms with Crippen LogP contribution in [0.15, 0.2) is 11.4 Å². The van der Waals surface area contributed by atoms with Crippen LogP contribution in [-0.2, 0) is 0 Å². The fourth-order valence-electron chi connectivity index (χ4n) is 0.372. The van der Waals surface area contributed by atoms with Gasteiger partial charge in [0.2, 0.25) is 0 Å². The van der Waals surface area contributed by atoms with Crippen LogP contribution in [0.3, 0.4) is 0 Å². The van der Waals surface area contributed by atoms with Gasteiger partial charge in [0, 0.05) is 10.6 Å². The van der Waals surface area contributed by atoms with Crippen molar-refractivity contribution in [1.82, 2.24) is 0 Å². The molecule has 0 spiro atoms. The van der Waals surface area contributed by atoms with Crippen molar-refractivity contribution in [2.24, 2.45) is 11.5 Å². The van der Waals surface area contributed by atoms with E-state index in [1.807, 2.05) is 6.08 Å². The highest BCUT2D eigenvalue weighted by atomic mass is 28.2. The van der Waals surface area contributed by atoms with Gasteiger partial charge in [-0.05, 0) is 6.08 Å². The maximum absolute atomic E-state index is 5.27. The van der Waals surface area contributed by atoms with Crippen molar-refractivity contribution in [2.75, 3.05) is 0 Å². The minimum atomic E-state index is 0.194. The molecule has 2 nitrogen and oxygen atoms in total. The highest BCUT2D eigenvalue weighted by Gasteiger charge is 1.95. The Balaban J connectivity index is 2.57. The van der Waals surface area contributed by atoms with E-state index in [0.717, 1.165) is 10.6 Å². The summed E-state index contributed by atoms with van der Waals surface area (Å²) < 4.78 is 0. The van der Waals surface area contributed by atoms with Gasteiger partial charge in [-0.25, -0.2) is 0 Å². The molecule has 0 aromatic heterocycles. The third kappa shape index (κ3) is 0.366. The van der Waals surface area contributed by atoms with Crippen LogP contribution in [0.1, 0.15) is 0 Å². The van der Waals surface area contributed by atoms with Gasteiger partial charge >= 0.3 is 0 Å². The van der Waals surface area contributed by atoms with E-state index in [-0.39, 0.29) is 9.13 Å². The van der Waals surface area contributed by atoms with Crippen LogP contribution in [-0.4, -0.2) is 14.4 Å². The topological polar surface area (TPSA) is 52.0 Å². The first-order chi connectivity index (χ1) is 2.79. The smallest absolute Gasteiger partial charge is 0.0794 e. The highest BCUT2D eigenvalue weighted by molar-refractivity contribution is 6.68. The van der Waals surface area contributed by atoms with Crippen LogP contribution in [0.25, 0.3) is 0 Å². The molecule has 0 aliphatic carbocycles. The van der Waals surface area contributed by atoms with Crippen LogP contribution in [0.5, 0.6) is 0 Å². The molecule has 0 atom stereocenters. The molecular weight excluding hydrogens is 92.1 g/mol. The van der Waals surface area contributed by atoms with Crippen LogP contribution < -0.4 is 11.5 Å². The Morgan fingerprint density at radius 3 is 2.00 bits per heavy atom. The molecule has 0 radical (unpaired) electrons. The van der Waals surface area contributed by atoms with Crippen LogP contribution >= 0.6 is 0 Å². The molecule has 0 bridgehead atoms. The van der Waals surface area contributed by atoms with Gasteiger partial charge < -0.3 is 11.5 Å². The van der Waals surface area contributed by atoms with E-state index in [4.69, 9.17) is 11.5 Å². The molecule has 0 aromatic rings. The summed E-state index contributed by atoms with van der Waals surface area (Å²) in [5.41, 5.74) is 10.5. The molecule has 4 N–H and O–H groups in total. The normalized spacial score (nSPS) is 18.0. The molecule has 1 heterocycles. The van der Waals surface area contributed by atoms with Gasteiger partial charge in [0.15, 0.2) is 0 Å². The number of nitrogens with two attached hydrogens (primary N) is 2. The van der Waals surface area contributed by atoms with Crippen molar-refractivity contribution in [1.29, 1.82) is 0 Å². The van der Waals surface area contributed by atoms with Gasteiger partial charge in [0.1, 0.15) is 0 Å². The van der Waals surface area contributed by atoms with E-state index < -0.39 is 0 Å². The molecule has 32 valence electrons. The maximum atomic E-state index is 5.27. The summed E-state index contributed by atoms with van der Waals surface area (Å²) in [5.74, 6) is 0. The Hall–Kier alpha value is -0.573. The predicted molar refractivity (Wildman–Crippen MR) is 28.6 cm³/mol. The van der Waals surface area contributed by atoms with Crippen molar-refractivity contribution < 1.29 is 0 Å². The molecule has 0 amide bonds. The van der Waals surface area contributed by atoms with Gasteiger partial charge in [-0.1, -0.05) is 0 Å². The van der Waals surface area contributed by atoms with Gasteiger partial charge in [-0.2, -0.15) is 0 Å². The molecule has 0 aromatic carbocycles. The van der Waals surface area contributed by atoms with Crippen molar-refractivity contribution >= 4 is 14.4 Å². The Labute approximate surface area is 38.3 Å². The monoisotopic (exact) mass is 98.0 g/mol. The lowest BCUT2D eigenvalue weighted by Crippen LogP contribution is -2.26. The third-order valence-electron chi connectivity index (χ3n) is 0.667. The lowest BCUT2D eigenvalue weighted by molar-refractivity contribution is 1.51. The van der Waals surface area contributed by atoms with Crippen molar-refractivity contribution in [2.45, 2.75) is 0 Å². The zero-order chi connectivity index (χ0) is 4.57. The second kappa shape index (κ2) is 0.943. The summed E-state index contributed by atoms with van der Waals surface area (Å²) in [6.45, 7) is 0. The molecule has 3 heteroatoms. The minimum Gasteiger partial charge on any atom is -0.403 e. The molecule has 1 aliphatic rings. The van der Waals surface area contributed by atoms with E-state index in [1.54, 1.807) is 0 Å². The molecule has 0 unspecified atom stereocenters. The second-order valence-electron chi connectivity index (χ2n) is 1.29. The summed E-state index contributed by atoms with van der Waals surface area (Å²) >= 11 is 0. The zero-order valence-corrected chi connectivity index (χ0v) is 4.46. The SMILES string of the molecule is NC1=CC(N)=[SiH]1. The Morgan fingerprint density at radius 1 is 1.50 bits per heavy atom. The van der Waals surface area contributed by atoms with Gasteiger partial charge in [0.05, 0.1) is 9.13 Å². The molecule has 6 heavy (non-hydrogen) atoms. The first-order valence-electron chi connectivity index (χ1n) is 1.73. The number of hydrogen-bond donors (Lipinski definition) is 2. The standard InChI is InChI=1S/C3H6N2Si/c4-2-1-3(5)6-2/h1,6H,4-5H2. The van der Waals surface area contributed by atoms with Crippen molar-refractivity contribution in [3.8, 4) is 0 Å². The Bertz CT molecular complexity index is 103. The largest absolute Gasteiger partial charge is 0.403 e. The van der Waals surface area contributed by atoms with Gasteiger partial charge in [-0.15, -0.1) is 0 Å². The maximum Gasteiger partial charge on any atom is 0.0794 e. The molecule has 0 saturated carbocycles. The van der Waals surface area contributed by atoms with Crippen LogP contribution in [0, 0.1) is 0 Å². The van der Waals surface area contributed by atoms with Crippen LogP contribution in [0.4, 0.5) is 0 Å². The summed E-state index contributed by atoms with van der Waals surface area (Å²) in [6.07, 6.45) is 1.81. The average molecular weight is 98.2 g/mol. The summed E-state index contributed by atoms with van der Waals surface area (Å²) in [7, 11) is 0.194. The molecular formula is C3H6N2Si.